The molecule has 7 nitrogen and oxygen atoms in total. The first-order valence-corrected chi connectivity index (χ1v) is 18.4. The first kappa shape index (κ1) is 35.3. The van der Waals surface area contributed by atoms with Gasteiger partial charge in [-0.15, -0.1) is 11.8 Å². The van der Waals surface area contributed by atoms with Crippen molar-refractivity contribution in [2.45, 2.75) is 70.6 Å². The van der Waals surface area contributed by atoms with Crippen molar-refractivity contribution in [1.29, 1.82) is 0 Å². The van der Waals surface area contributed by atoms with Crippen LogP contribution in [-0.4, -0.2) is 48.4 Å². The number of hydrogen-bond donors (Lipinski definition) is 1. The molecule has 0 fully saturated rings. The van der Waals surface area contributed by atoms with Gasteiger partial charge in [-0.25, -0.2) is 4.98 Å². The normalized spacial score (nSPS) is 12.9. The Labute approximate surface area is 290 Å². The van der Waals surface area contributed by atoms with Crippen LogP contribution in [0.2, 0.25) is 0 Å². The van der Waals surface area contributed by atoms with E-state index in [2.05, 4.69) is 96.0 Å². The Kier molecular flexibility index (Phi) is 13.2. The molecule has 254 valence electrons. The van der Waals surface area contributed by atoms with Crippen LogP contribution in [0.3, 0.4) is 0 Å². The first-order valence-electron chi connectivity index (χ1n) is 17.4. The van der Waals surface area contributed by atoms with E-state index in [4.69, 9.17) is 9.47 Å². The monoisotopic (exact) mass is 666 g/mol. The summed E-state index contributed by atoms with van der Waals surface area (Å²) in [7, 11) is 0. The quantitative estimate of drug-likeness (QED) is 0.0895. The van der Waals surface area contributed by atoms with Crippen molar-refractivity contribution < 1.29 is 14.3 Å². The Morgan fingerprint density at radius 3 is 2.50 bits per heavy atom. The molecule has 0 bridgehead atoms. The highest BCUT2D eigenvalue weighted by atomic mass is 32.2. The van der Waals surface area contributed by atoms with Gasteiger partial charge in [-0.3, -0.25) is 4.79 Å². The van der Waals surface area contributed by atoms with Crippen LogP contribution in [0, 0.1) is 5.92 Å². The summed E-state index contributed by atoms with van der Waals surface area (Å²) in [5.74, 6) is 3.17. The molecule has 1 N–H and O–H groups in total. The number of unbranched alkanes of at least 4 members (excludes halogenated alkanes) is 1. The van der Waals surface area contributed by atoms with Crippen LogP contribution in [-0.2, 0) is 21.8 Å². The molecule has 8 heteroatoms. The zero-order valence-electron chi connectivity index (χ0n) is 28.9. The third-order valence-corrected chi connectivity index (χ3v) is 9.31. The number of aromatic nitrogens is 2. The number of benzene rings is 3. The molecule has 1 aromatic heterocycles. The van der Waals surface area contributed by atoms with Gasteiger partial charge in [0.05, 0.1) is 12.4 Å². The lowest BCUT2D eigenvalue weighted by Gasteiger charge is -2.27. The summed E-state index contributed by atoms with van der Waals surface area (Å²) in [5, 5.41) is 3.16. The predicted octanol–water partition coefficient (Wildman–Crippen LogP) is 9.34. The van der Waals surface area contributed by atoms with E-state index < -0.39 is 0 Å². The molecular weight excluding hydrogens is 617 g/mol. The maximum Gasteiger partial charge on any atom is 0.251 e. The predicted molar refractivity (Wildman–Crippen MR) is 200 cm³/mol. The average molecular weight is 667 g/mol. The van der Waals surface area contributed by atoms with E-state index in [1.54, 1.807) is 11.8 Å². The fraction of sp³-hybridized carbons (Fsp3) is 0.400. The number of carbonyl (C=O) groups is 1. The third kappa shape index (κ3) is 10.0. The Morgan fingerprint density at radius 1 is 0.958 bits per heavy atom. The van der Waals surface area contributed by atoms with Crippen LogP contribution in [0.1, 0.15) is 64.8 Å². The highest BCUT2D eigenvalue weighted by Gasteiger charge is 2.21. The minimum Gasteiger partial charge on any atom is -0.491 e. The highest BCUT2D eigenvalue weighted by Crippen LogP contribution is 2.34. The largest absolute Gasteiger partial charge is 0.491 e. The first-order chi connectivity index (χ1) is 23.4. The molecule has 4 aromatic rings. The number of carbonyl (C=O) groups excluding carboxylic acids is 1. The van der Waals surface area contributed by atoms with Gasteiger partial charge in [0.25, 0.3) is 5.91 Å². The molecule has 1 aliphatic rings. The lowest BCUT2D eigenvalue weighted by Crippen LogP contribution is -2.29. The van der Waals surface area contributed by atoms with Crippen molar-refractivity contribution in [3.05, 3.63) is 96.1 Å². The van der Waals surface area contributed by atoms with Crippen LogP contribution in [0.5, 0.6) is 5.75 Å². The Morgan fingerprint density at radius 2 is 1.75 bits per heavy atom. The highest BCUT2D eigenvalue weighted by molar-refractivity contribution is 7.98. The van der Waals surface area contributed by atoms with E-state index in [1.807, 2.05) is 36.7 Å². The van der Waals surface area contributed by atoms with Crippen molar-refractivity contribution in [3.8, 4) is 16.9 Å². The Bertz CT molecular complexity index is 1630. The van der Waals surface area contributed by atoms with Gasteiger partial charge in [-0.2, -0.15) is 0 Å². The standard InChI is InChI=1S/C40H50N4O3S/c1-5-7-23-46-24-25-47-36-13-8-31(9-14-36)32-10-17-38-34(26-32)27-33(18-21-44(38)28-30(3)4)40(45)42-35-11-15-37(16-12-35)48-29-39-41-19-22-43(39)20-6-2/h8-17,19,22,26-27,30H,5-7,18,20-21,23-25,28-29H2,1-4H3,(H,42,45). The second-order valence-corrected chi connectivity index (χ2v) is 13.7. The molecule has 0 saturated heterocycles. The maximum absolute atomic E-state index is 13.6. The number of nitrogens with one attached hydrogen (secondary N) is 1. The number of anilines is 2. The van der Waals surface area contributed by atoms with Crippen molar-refractivity contribution in [2.24, 2.45) is 5.92 Å². The molecule has 1 aliphatic heterocycles. The summed E-state index contributed by atoms with van der Waals surface area (Å²) in [6.07, 6.45) is 9.96. The van der Waals surface area contributed by atoms with E-state index in [9.17, 15) is 4.79 Å². The van der Waals surface area contributed by atoms with Gasteiger partial charge >= 0.3 is 0 Å². The van der Waals surface area contributed by atoms with E-state index in [0.717, 1.165) is 95.7 Å². The van der Waals surface area contributed by atoms with E-state index in [-0.39, 0.29) is 5.91 Å². The molecule has 48 heavy (non-hydrogen) atoms. The molecule has 0 radical (unpaired) electrons. The summed E-state index contributed by atoms with van der Waals surface area (Å²) >= 11 is 1.76. The summed E-state index contributed by atoms with van der Waals surface area (Å²) in [6.45, 7) is 13.4. The number of rotatable bonds is 17. The Hall–Kier alpha value is -4.01. The lowest BCUT2D eigenvalue weighted by molar-refractivity contribution is -0.112. The summed E-state index contributed by atoms with van der Waals surface area (Å²) in [4.78, 5) is 21.7. The number of hydrogen-bond acceptors (Lipinski definition) is 6. The van der Waals surface area contributed by atoms with Crippen molar-refractivity contribution in [1.82, 2.24) is 9.55 Å². The lowest BCUT2D eigenvalue weighted by atomic mass is 10.00. The maximum atomic E-state index is 13.6. The van der Waals surface area contributed by atoms with Gasteiger partial charge in [0.2, 0.25) is 0 Å². The molecule has 5 rings (SSSR count). The SMILES string of the molecule is CCCCOCCOc1ccc(-c2ccc3c(c2)C=C(C(=O)Nc2ccc(SCc4nccn4CCC)cc2)CCN3CC(C)C)cc1. The van der Waals surface area contributed by atoms with Gasteiger partial charge in [0, 0.05) is 60.5 Å². The summed E-state index contributed by atoms with van der Waals surface area (Å²) in [6, 6.07) is 22.9. The van der Waals surface area contributed by atoms with Gasteiger partial charge in [-0.05, 0) is 96.5 Å². The van der Waals surface area contributed by atoms with Crippen LogP contribution in [0.25, 0.3) is 17.2 Å². The van der Waals surface area contributed by atoms with Gasteiger partial charge in [0.1, 0.15) is 18.2 Å². The van der Waals surface area contributed by atoms with Crippen LogP contribution < -0.4 is 15.0 Å². The van der Waals surface area contributed by atoms with Crippen molar-refractivity contribution in [2.75, 3.05) is 43.1 Å². The summed E-state index contributed by atoms with van der Waals surface area (Å²) in [5.41, 5.74) is 6.02. The topological polar surface area (TPSA) is 68.6 Å². The minimum absolute atomic E-state index is 0.0556. The van der Waals surface area contributed by atoms with Crippen LogP contribution in [0.15, 0.2) is 89.6 Å². The van der Waals surface area contributed by atoms with E-state index in [1.165, 1.54) is 5.69 Å². The minimum atomic E-state index is -0.0556. The number of thioether (sulfide) groups is 1. The second kappa shape index (κ2) is 17.9. The number of imidazole rings is 1. The Balaban J connectivity index is 1.26. The molecule has 0 atom stereocenters. The number of fused-ring (bicyclic) bond motifs is 1. The molecule has 0 saturated carbocycles. The fourth-order valence-electron chi connectivity index (χ4n) is 5.81. The van der Waals surface area contributed by atoms with E-state index in [0.29, 0.717) is 25.6 Å². The molecule has 3 aromatic carbocycles. The molecular formula is C40H50N4O3S. The smallest absolute Gasteiger partial charge is 0.251 e. The van der Waals surface area contributed by atoms with Crippen molar-refractivity contribution >= 4 is 35.1 Å². The second-order valence-electron chi connectivity index (χ2n) is 12.7. The van der Waals surface area contributed by atoms with Crippen molar-refractivity contribution in [3.63, 3.8) is 0 Å². The third-order valence-electron chi connectivity index (χ3n) is 8.30. The zero-order valence-corrected chi connectivity index (χ0v) is 29.7. The number of amides is 1. The molecule has 2 heterocycles. The molecule has 0 unspecified atom stereocenters. The number of nitrogens with zero attached hydrogens (tertiary/aromatic N) is 3. The average Bonchev–Trinajstić information content (AvgIpc) is 3.46. The van der Waals surface area contributed by atoms with Gasteiger partial charge < -0.3 is 24.3 Å². The van der Waals surface area contributed by atoms with Gasteiger partial charge in [-0.1, -0.05) is 52.3 Å². The molecule has 0 spiro atoms. The van der Waals surface area contributed by atoms with Gasteiger partial charge in [0.15, 0.2) is 0 Å². The number of aryl methyl sites for hydroxylation is 1. The molecule has 1 amide bonds. The van der Waals surface area contributed by atoms with E-state index >= 15 is 0 Å². The van der Waals surface area contributed by atoms with Crippen LogP contribution >= 0.6 is 11.8 Å². The number of ether oxygens (including phenoxy) is 2. The zero-order chi connectivity index (χ0) is 33.7. The van der Waals surface area contributed by atoms with Crippen LogP contribution in [0.4, 0.5) is 11.4 Å². The molecule has 0 aliphatic carbocycles. The fourth-order valence-corrected chi connectivity index (χ4v) is 6.68. The summed E-state index contributed by atoms with van der Waals surface area (Å²) < 4.78 is 13.7.